The summed E-state index contributed by atoms with van der Waals surface area (Å²) in [5.41, 5.74) is 12.7. The Morgan fingerprint density at radius 2 is 0.817 bits per heavy atom. The third kappa shape index (κ3) is 6.97. The minimum Gasteiger partial charge on any atom is -0.228 e. The van der Waals surface area contributed by atoms with Crippen molar-refractivity contribution in [2.75, 3.05) is 0 Å². The molecule has 0 aliphatic heterocycles. The van der Waals surface area contributed by atoms with E-state index >= 15 is 0 Å². The van der Waals surface area contributed by atoms with Crippen molar-refractivity contribution in [1.29, 1.82) is 5.26 Å². The number of rotatable bonds is 8. The van der Waals surface area contributed by atoms with Gasteiger partial charge in [0.25, 0.3) is 0 Å². The minimum absolute atomic E-state index is 0.536. The van der Waals surface area contributed by atoms with E-state index in [-0.39, 0.29) is 0 Å². The lowest BCUT2D eigenvalue weighted by atomic mass is 9.90. The Kier molecular flexibility index (Phi) is 9.51. The third-order valence-corrected chi connectivity index (χ3v) is 10.6. The van der Waals surface area contributed by atoms with Crippen LogP contribution >= 0.6 is 0 Å². The highest BCUT2D eigenvalue weighted by molar-refractivity contribution is 5.99. The average Bonchev–Trinajstić information content (AvgIpc) is 3.34. The molecule has 0 unspecified atom stereocenters. The molecule has 2 heterocycles. The molecule has 8 aromatic carbocycles. The van der Waals surface area contributed by atoms with Gasteiger partial charge in [-0.25, -0.2) is 24.9 Å². The summed E-state index contributed by atoms with van der Waals surface area (Å²) in [4.78, 5) is 25.6. The summed E-state index contributed by atoms with van der Waals surface area (Å²) in [5.74, 6) is 2.33. The minimum atomic E-state index is 0.536. The number of aromatic nitrogens is 5. The van der Waals surface area contributed by atoms with Gasteiger partial charge in [-0.15, -0.1) is 0 Å². The highest BCUT2D eigenvalue weighted by atomic mass is 15.0. The molecule has 0 spiro atoms. The maximum Gasteiger partial charge on any atom is 0.164 e. The van der Waals surface area contributed by atoms with Crippen LogP contribution in [0.1, 0.15) is 5.56 Å². The smallest absolute Gasteiger partial charge is 0.164 e. The molecule has 0 radical (unpaired) electrons. The second-order valence-electron chi connectivity index (χ2n) is 14.4. The molecule has 10 rings (SSSR count). The summed E-state index contributed by atoms with van der Waals surface area (Å²) < 4.78 is 0. The summed E-state index contributed by atoms with van der Waals surface area (Å²) in [7, 11) is 0. The number of para-hydroxylation sites is 1. The number of hydrogen-bond donors (Lipinski definition) is 0. The van der Waals surface area contributed by atoms with Crippen LogP contribution in [0.2, 0.25) is 0 Å². The van der Waals surface area contributed by atoms with E-state index in [0.717, 1.165) is 77.8 Å². The summed E-state index contributed by atoms with van der Waals surface area (Å²) in [6.45, 7) is 0. The van der Waals surface area contributed by atoms with Gasteiger partial charge in [0, 0.05) is 33.2 Å². The first kappa shape index (κ1) is 36.0. The van der Waals surface area contributed by atoms with Crippen LogP contribution in [0.25, 0.3) is 101 Å². The van der Waals surface area contributed by atoms with Gasteiger partial charge in [0.1, 0.15) is 0 Å². The molecular weight excluding hydrogens is 733 g/mol. The topological polar surface area (TPSA) is 88.2 Å². The lowest BCUT2D eigenvalue weighted by Crippen LogP contribution is -2.01. The zero-order chi connectivity index (χ0) is 40.3. The predicted octanol–water partition coefficient (Wildman–Crippen LogP) is 13.0. The van der Waals surface area contributed by atoms with E-state index in [1.54, 1.807) is 0 Å². The van der Waals surface area contributed by atoms with Crippen LogP contribution < -0.4 is 0 Å². The Labute approximate surface area is 347 Å². The molecule has 6 heteroatoms. The molecule has 0 saturated carbocycles. The van der Waals surface area contributed by atoms with Crippen LogP contribution in [0, 0.1) is 11.3 Å². The van der Waals surface area contributed by atoms with Gasteiger partial charge in [0.2, 0.25) is 0 Å². The largest absolute Gasteiger partial charge is 0.228 e. The Bertz CT molecular complexity index is 3210. The Hall–Kier alpha value is -8.40. The fourth-order valence-electron chi connectivity index (χ4n) is 7.70. The maximum absolute atomic E-state index is 9.88. The monoisotopic (exact) mass is 766 g/mol. The van der Waals surface area contributed by atoms with Crippen molar-refractivity contribution < 1.29 is 0 Å². The molecule has 280 valence electrons. The van der Waals surface area contributed by atoms with E-state index in [9.17, 15) is 5.26 Å². The molecular formula is C54H34N6. The first-order valence-electron chi connectivity index (χ1n) is 19.7. The average molecular weight is 767 g/mol. The van der Waals surface area contributed by atoms with Crippen molar-refractivity contribution in [3.8, 4) is 96.3 Å². The number of nitriles is 1. The van der Waals surface area contributed by atoms with Gasteiger partial charge in [0.15, 0.2) is 23.3 Å². The van der Waals surface area contributed by atoms with E-state index < -0.39 is 0 Å². The van der Waals surface area contributed by atoms with Crippen LogP contribution in [0.5, 0.6) is 0 Å². The molecule has 0 amide bonds. The number of nitrogens with zero attached hydrogens (tertiary/aromatic N) is 6. The highest BCUT2D eigenvalue weighted by Crippen LogP contribution is 2.40. The van der Waals surface area contributed by atoms with Crippen molar-refractivity contribution in [3.63, 3.8) is 0 Å². The summed E-state index contributed by atoms with van der Waals surface area (Å²) in [6.07, 6.45) is 0. The number of fused-ring (bicyclic) bond motifs is 1. The van der Waals surface area contributed by atoms with E-state index in [0.29, 0.717) is 28.9 Å². The van der Waals surface area contributed by atoms with Crippen LogP contribution in [0.4, 0.5) is 0 Å². The van der Waals surface area contributed by atoms with Gasteiger partial charge in [-0.3, -0.25) is 0 Å². The lowest BCUT2D eigenvalue weighted by molar-refractivity contribution is 1.07. The predicted molar refractivity (Wildman–Crippen MR) is 241 cm³/mol. The quantitative estimate of drug-likeness (QED) is 0.153. The van der Waals surface area contributed by atoms with E-state index in [2.05, 4.69) is 78.9 Å². The van der Waals surface area contributed by atoms with Crippen LogP contribution in [-0.4, -0.2) is 24.9 Å². The number of benzene rings is 8. The summed E-state index contributed by atoms with van der Waals surface area (Å²) in [6, 6.07) is 71.6. The summed E-state index contributed by atoms with van der Waals surface area (Å²) in [5, 5.41) is 10.9. The summed E-state index contributed by atoms with van der Waals surface area (Å²) >= 11 is 0. The zero-order valence-electron chi connectivity index (χ0n) is 32.3. The Morgan fingerprint density at radius 3 is 1.53 bits per heavy atom. The van der Waals surface area contributed by atoms with Crippen molar-refractivity contribution in [3.05, 3.63) is 212 Å². The van der Waals surface area contributed by atoms with E-state index in [1.807, 2.05) is 133 Å². The molecule has 0 atom stereocenters. The Balaban J connectivity index is 1.16. The van der Waals surface area contributed by atoms with Gasteiger partial charge in [0.05, 0.1) is 22.8 Å². The Morgan fingerprint density at radius 1 is 0.300 bits per heavy atom. The lowest BCUT2D eigenvalue weighted by Gasteiger charge is -2.16. The fraction of sp³-hybridized carbons (Fsp3) is 0. The molecule has 0 bridgehead atoms. The van der Waals surface area contributed by atoms with Gasteiger partial charge >= 0.3 is 0 Å². The van der Waals surface area contributed by atoms with Gasteiger partial charge in [-0.1, -0.05) is 176 Å². The zero-order valence-corrected chi connectivity index (χ0v) is 32.3. The highest BCUT2D eigenvalue weighted by Gasteiger charge is 2.20. The fourth-order valence-corrected chi connectivity index (χ4v) is 7.70. The van der Waals surface area contributed by atoms with Crippen molar-refractivity contribution in [1.82, 2.24) is 24.9 Å². The SMILES string of the molecule is N#Cc1ccccc1-c1cccc(-c2nc(-c3ccccc3)nc(-c3ccc(-c4ccccc4-c4nc(-c5ccccc5)nc5ccccc45)cc3-c3ccccc3)n2)c1. The molecule has 0 fully saturated rings. The molecule has 0 N–H and O–H groups in total. The molecule has 6 nitrogen and oxygen atoms in total. The standard InChI is InChI=1S/C54H34N6/c55-35-42-23-10-11-26-43(42)39-24-16-25-41(33-39)53-58-52(38-21-8-3-9-22-38)59-54(60-53)46-32-31-40(34-48(46)36-17-4-1-5-18-36)44-27-12-13-28-45(44)50-47-29-14-15-30-49(47)56-51(57-50)37-19-6-2-7-20-37/h1-34H. The van der Waals surface area contributed by atoms with Gasteiger partial charge in [-0.2, -0.15) is 5.26 Å². The normalized spacial score (nSPS) is 11.0. The molecule has 0 aliphatic rings. The van der Waals surface area contributed by atoms with E-state index in [1.165, 1.54) is 0 Å². The van der Waals surface area contributed by atoms with Crippen molar-refractivity contribution in [2.45, 2.75) is 0 Å². The van der Waals surface area contributed by atoms with Gasteiger partial charge < -0.3 is 0 Å². The van der Waals surface area contributed by atoms with Crippen molar-refractivity contribution >= 4 is 10.9 Å². The van der Waals surface area contributed by atoms with Crippen LogP contribution in [0.3, 0.4) is 0 Å². The van der Waals surface area contributed by atoms with Crippen molar-refractivity contribution in [2.24, 2.45) is 0 Å². The second-order valence-corrected chi connectivity index (χ2v) is 14.4. The van der Waals surface area contributed by atoms with E-state index in [4.69, 9.17) is 24.9 Å². The number of hydrogen-bond acceptors (Lipinski definition) is 6. The maximum atomic E-state index is 9.88. The molecule has 0 aliphatic carbocycles. The molecule has 60 heavy (non-hydrogen) atoms. The first-order chi connectivity index (χ1) is 29.7. The second kappa shape index (κ2) is 15.9. The third-order valence-electron chi connectivity index (χ3n) is 10.6. The molecule has 10 aromatic rings. The van der Waals surface area contributed by atoms with Gasteiger partial charge in [-0.05, 0) is 63.7 Å². The molecule has 2 aromatic heterocycles. The molecule has 0 saturated heterocycles. The van der Waals surface area contributed by atoms with Crippen LogP contribution in [0.15, 0.2) is 206 Å². The first-order valence-corrected chi connectivity index (χ1v) is 19.7. The van der Waals surface area contributed by atoms with Crippen LogP contribution in [-0.2, 0) is 0 Å².